The lowest BCUT2D eigenvalue weighted by atomic mass is 10.1. The van der Waals surface area contributed by atoms with Gasteiger partial charge in [-0.15, -0.1) is 5.10 Å². The normalized spacial score (nSPS) is 15.9. The van der Waals surface area contributed by atoms with E-state index in [0.717, 1.165) is 18.2 Å². The highest BCUT2D eigenvalue weighted by Crippen LogP contribution is 2.40. The van der Waals surface area contributed by atoms with E-state index in [1.165, 1.54) is 36.0 Å². The van der Waals surface area contributed by atoms with Gasteiger partial charge in [0.2, 0.25) is 5.60 Å². The van der Waals surface area contributed by atoms with Crippen LogP contribution in [0.15, 0.2) is 29.3 Å². The van der Waals surface area contributed by atoms with Gasteiger partial charge in [0.1, 0.15) is 17.6 Å². The molecule has 14 heteroatoms. The Kier molecular flexibility index (Phi) is 9.12. The highest BCUT2D eigenvalue weighted by atomic mass is 32.2. The van der Waals surface area contributed by atoms with E-state index in [2.05, 4.69) is 9.84 Å². The Morgan fingerprint density at radius 3 is 2.48 bits per heavy atom. The SMILES string of the molecule is CCn1cc(S(=O)(=O)N2C[C@H](CCC(C)=O)Oc3ccc(CC(=O)OC(C)(C)C(F)(F)F)cc32)c(OC(C)C)n1. The molecule has 10 nitrogen and oxygen atoms in total. The molecule has 0 bridgehead atoms. The van der Waals surface area contributed by atoms with E-state index in [1.54, 1.807) is 20.8 Å². The Labute approximate surface area is 231 Å². The third-order valence-corrected chi connectivity index (χ3v) is 7.87. The van der Waals surface area contributed by atoms with E-state index in [0.29, 0.717) is 6.54 Å². The number of hydrogen-bond acceptors (Lipinski definition) is 8. The number of nitrogens with zero attached hydrogens (tertiary/aromatic N) is 3. The van der Waals surface area contributed by atoms with E-state index >= 15 is 0 Å². The van der Waals surface area contributed by atoms with Crippen LogP contribution in [0.1, 0.15) is 59.9 Å². The van der Waals surface area contributed by atoms with Crippen molar-refractivity contribution in [2.75, 3.05) is 10.8 Å². The number of ketones is 1. The number of Topliss-reactive ketones (excluding diaryl/α,β-unsaturated/α-hetero) is 1. The van der Waals surface area contributed by atoms with Gasteiger partial charge in [-0.3, -0.25) is 13.8 Å². The van der Waals surface area contributed by atoms with Crippen molar-refractivity contribution in [3.05, 3.63) is 30.0 Å². The molecule has 1 aromatic heterocycles. The second-order valence-electron chi connectivity index (χ2n) is 10.3. The van der Waals surface area contributed by atoms with Crippen LogP contribution in [-0.2, 0) is 37.3 Å². The number of hydrogen-bond donors (Lipinski definition) is 0. The lowest BCUT2D eigenvalue weighted by molar-refractivity contribution is -0.257. The number of carbonyl (C=O) groups excluding carboxylic acids is 2. The van der Waals surface area contributed by atoms with Crippen LogP contribution < -0.4 is 13.8 Å². The predicted molar refractivity (Wildman–Crippen MR) is 139 cm³/mol. The van der Waals surface area contributed by atoms with Gasteiger partial charge in [-0.05, 0) is 65.7 Å². The number of fused-ring (bicyclic) bond motifs is 1. The summed E-state index contributed by atoms with van der Waals surface area (Å²) in [6.45, 7) is 8.38. The van der Waals surface area contributed by atoms with Crippen molar-refractivity contribution < 1.29 is 45.4 Å². The van der Waals surface area contributed by atoms with Gasteiger partial charge in [-0.2, -0.15) is 13.2 Å². The molecule has 2 aromatic rings. The number of ether oxygens (including phenoxy) is 3. The monoisotopic (exact) mass is 589 g/mol. The van der Waals surface area contributed by atoms with Crippen LogP contribution in [0, 0.1) is 0 Å². The number of halogens is 3. The summed E-state index contributed by atoms with van der Waals surface area (Å²) < 4.78 is 86.5. The molecule has 0 N–H and O–H groups in total. The lowest BCUT2D eigenvalue weighted by Crippen LogP contribution is -2.44. The molecule has 40 heavy (non-hydrogen) atoms. The number of benzene rings is 1. The van der Waals surface area contributed by atoms with Crippen LogP contribution in [-0.4, -0.2) is 60.5 Å². The smallest absolute Gasteiger partial charge is 0.427 e. The molecule has 0 fully saturated rings. The molecule has 0 radical (unpaired) electrons. The van der Waals surface area contributed by atoms with Crippen molar-refractivity contribution in [1.82, 2.24) is 9.78 Å². The minimum absolute atomic E-state index is 0.0826. The molecule has 0 amide bonds. The number of rotatable bonds is 11. The second-order valence-corrected chi connectivity index (χ2v) is 12.1. The minimum atomic E-state index is -4.77. The molecular formula is C26H34F3N3O7S. The van der Waals surface area contributed by atoms with Crippen LogP contribution in [0.2, 0.25) is 0 Å². The van der Waals surface area contributed by atoms with Crippen molar-refractivity contribution in [2.24, 2.45) is 0 Å². The molecular weight excluding hydrogens is 555 g/mol. The van der Waals surface area contributed by atoms with E-state index in [-0.39, 0.29) is 59.0 Å². The van der Waals surface area contributed by atoms with Gasteiger partial charge in [-0.1, -0.05) is 6.07 Å². The Morgan fingerprint density at radius 2 is 1.90 bits per heavy atom. The van der Waals surface area contributed by atoms with Crippen molar-refractivity contribution >= 4 is 27.5 Å². The fourth-order valence-corrected chi connectivity index (χ4v) is 5.47. The maximum absolute atomic E-state index is 14.1. The van der Waals surface area contributed by atoms with Crippen molar-refractivity contribution in [1.29, 1.82) is 0 Å². The summed E-state index contributed by atoms with van der Waals surface area (Å²) in [5, 5.41) is 4.23. The fraction of sp³-hybridized carbons (Fsp3) is 0.577. The van der Waals surface area contributed by atoms with Crippen molar-refractivity contribution in [3.8, 4) is 11.6 Å². The van der Waals surface area contributed by atoms with E-state index in [4.69, 9.17) is 9.47 Å². The molecule has 1 atom stereocenters. The van der Waals surface area contributed by atoms with Gasteiger partial charge in [-0.25, -0.2) is 8.42 Å². The maximum Gasteiger partial charge on any atom is 0.427 e. The average Bonchev–Trinajstić information content (AvgIpc) is 3.24. The molecule has 0 unspecified atom stereocenters. The number of sulfonamides is 1. The van der Waals surface area contributed by atoms with Crippen molar-refractivity contribution in [2.45, 2.75) is 96.2 Å². The molecule has 0 aliphatic carbocycles. The van der Waals surface area contributed by atoms with E-state index < -0.39 is 40.3 Å². The number of aromatic nitrogens is 2. The third-order valence-electron chi connectivity index (χ3n) is 6.11. The maximum atomic E-state index is 14.1. The van der Waals surface area contributed by atoms with Gasteiger partial charge >= 0.3 is 12.1 Å². The summed E-state index contributed by atoms with van der Waals surface area (Å²) in [5.41, 5.74) is -2.40. The Balaban J connectivity index is 2.02. The molecule has 1 aliphatic rings. The zero-order valence-electron chi connectivity index (χ0n) is 23.2. The number of anilines is 1. The average molecular weight is 590 g/mol. The van der Waals surface area contributed by atoms with Crippen LogP contribution in [0.4, 0.5) is 18.9 Å². The van der Waals surface area contributed by atoms with Gasteiger partial charge in [0, 0.05) is 19.2 Å². The quantitative estimate of drug-likeness (QED) is 0.353. The minimum Gasteiger partial charge on any atom is -0.486 e. The largest absolute Gasteiger partial charge is 0.486 e. The van der Waals surface area contributed by atoms with E-state index in [9.17, 15) is 31.2 Å². The second kappa shape index (κ2) is 11.7. The topological polar surface area (TPSA) is 117 Å². The fourth-order valence-electron chi connectivity index (χ4n) is 3.90. The highest BCUT2D eigenvalue weighted by Gasteiger charge is 2.50. The first-order valence-electron chi connectivity index (χ1n) is 12.8. The molecule has 222 valence electrons. The Morgan fingerprint density at radius 1 is 1.23 bits per heavy atom. The number of carbonyl (C=O) groups is 2. The zero-order valence-corrected chi connectivity index (χ0v) is 24.1. The highest BCUT2D eigenvalue weighted by molar-refractivity contribution is 7.93. The standard InChI is InChI=1S/C26H34F3N3O7S/c1-7-31-15-22(24(30-31)37-16(2)3)40(35,36)32-14-19(10-8-17(4)33)38-21-11-9-18(12-20(21)32)13-23(34)39-25(5,6)26(27,28)29/h9,11-12,15-16,19H,7-8,10,13-14H2,1-6H3/t19-/m0/s1. The first-order chi connectivity index (χ1) is 18.4. The molecule has 2 heterocycles. The van der Waals surface area contributed by atoms with E-state index in [1.807, 2.05) is 0 Å². The summed E-state index contributed by atoms with van der Waals surface area (Å²) in [6.07, 6.45) is -4.56. The van der Waals surface area contributed by atoms with Gasteiger partial charge < -0.3 is 19.0 Å². The molecule has 0 saturated heterocycles. The van der Waals surface area contributed by atoms with Crippen LogP contribution in [0.5, 0.6) is 11.6 Å². The molecule has 0 saturated carbocycles. The summed E-state index contributed by atoms with van der Waals surface area (Å²) in [7, 11) is -4.31. The van der Waals surface area contributed by atoms with Crippen LogP contribution >= 0.6 is 0 Å². The summed E-state index contributed by atoms with van der Waals surface area (Å²) in [4.78, 5) is 23.8. The zero-order chi connectivity index (χ0) is 30.0. The summed E-state index contributed by atoms with van der Waals surface area (Å²) >= 11 is 0. The number of aryl methyl sites for hydroxylation is 1. The first kappa shape index (κ1) is 31.2. The molecule has 3 rings (SSSR count). The molecule has 1 aromatic carbocycles. The van der Waals surface area contributed by atoms with Crippen molar-refractivity contribution in [3.63, 3.8) is 0 Å². The molecule has 0 spiro atoms. The molecule has 1 aliphatic heterocycles. The Bertz CT molecular complexity index is 1350. The predicted octanol–water partition coefficient (Wildman–Crippen LogP) is 4.44. The number of esters is 1. The summed E-state index contributed by atoms with van der Waals surface area (Å²) in [6, 6.07) is 4.25. The lowest BCUT2D eigenvalue weighted by Gasteiger charge is -2.35. The van der Waals surface area contributed by atoms with Gasteiger partial charge in [0.25, 0.3) is 15.9 Å². The van der Waals surface area contributed by atoms with Crippen LogP contribution in [0.25, 0.3) is 0 Å². The first-order valence-corrected chi connectivity index (χ1v) is 14.2. The van der Waals surface area contributed by atoms with Gasteiger partial charge in [0.05, 0.1) is 24.8 Å². The Hall–Kier alpha value is -3.29. The van der Waals surface area contributed by atoms with Crippen LogP contribution in [0.3, 0.4) is 0 Å². The van der Waals surface area contributed by atoms with Gasteiger partial charge in [0.15, 0.2) is 4.90 Å². The summed E-state index contributed by atoms with van der Waals surface area (Å²) in [5.74, 6) is -1.13. The third kappa shape index (κ3) is 7.07. The number of alkyl halides is 3.